The standard InChI is InChI=1S/C27H35BCl2N2O9/c1-16(2)11-20(32-21(33)15-31-24(38)18-12-17(29)7-8-19(18)30)26(9-5-3-4-6-10-26)28-40-25(39)27(41-28,13-22(34)35)14-23(36)37/h7-8,12,16,20H,3-6,9-11,13-15H2,1-2H3,(H,31,38)(H,32,33)(H,34,35)(H,36,37)/t20-/m0/s1. The van der Waals surface area contributed by atoms with Crippen molar-refractivity contribution in [2.75, 3.05) is 6.54 Å². The quantitative estimate of drug-likeness (QED) is 0.200. The highest BCUT2D eigenvalue weighted by Gasteiger charge is 2.64. The monoisotopic (exact) mass is 612 g/mol. The zero-order valence-electron chi connectivity index (χ0n) is 23.0. The lowest BCUT2D eigenvalue weighted by Crippen LogP contribution is -2.54. The molecule has 0 bridgehead atoms. The maximum absolute atomic E-state index is 13.2. The minimum absolute atomic E-state index is 0.0835. The Morgan fingerprint density at radius 3 is 2.20 bits per heavy atom. The fourth-order valence-electron chi connectivity index (χ4n) is 5.71. The number of nitrogens with one attached hydrogen (secondary N) is 2. The van der Waals surface area contributed by atoms with Crippen LogP contribution < -0.4 is 10.6 Å². The SMILES string of the molecule is CC(C)C[C@H](NC(=O)CNC(=O)c1cc(Cl)ccc1Cl)C1(B2OC(=O)C(CC(=O)O)(CC(=O)O)O2)CCCCCC1. The summed E-state index contributed by atoms with van der Waals surface area (Å²) in [5.74, 6) is -4.85. The van der Waals surface area contributed by atoms with Crippen LogP contribution in [0.25, 0.3) is 0 Å². The second-order valence-electron chi connectivity index (χ2n) is 11.2. The van der Waals surface area contributed by atoms with Gasteiger partial charge in [0.1, 0.15) is 0 Å². The third-order valence-corrected chi connectivity index (χ3v) is 8.18. The predicted molar refractivity (Wildman–Crippen MR) is 151 cm³/mol. The summed E-state index contributed by atoms with van der Waals surface area (Å²) < 4.78 is 11.7. The van der Waals surface area contributed by atoms with E-state index in [2.05, 4.69) is 10.6 Å². The molecule has 1 aliphatic carbocycles. The molecular formula is C27H35BCl2N2O9. The lowest BCUT2D eigenvalue weighted by atomic mass is 9.49. The van der Waals surface area contributed by atoms with E-state index in [4.69, 9.17) is 32.5 Å². The molecule has 2 amide bonds. The van der Waals surface area contributed by atoms with Gasteiger partial charge in [-0.15, -0.1) is 0 Å². The summed E-state index contributed by atoms with van der Waals surface area (Å²) in [7, 11) is -1.27. The van der Waals surface area contributed by atoms with E-state index in [0.29, 0.717) is 24.3 Å². The molecule has 14 heteroatoms. The Morgan fingerprint density at radius 2 is 1.63 bits per heavy atom. The van der Waals surface area contributed by atoms with Crippen LogP contribution in [0.15, 0.2) is 18.2 Å². The average Bonchev–Trinajstić information content (AvgIpc) is 3.04. The largest absolute Gasteiger partial charge is 0.536 e. The average molecular weight is 613 g/mol. The molecule has 0 unspecified atom stereocenters. The lowest BCUT2D eigenvalue weighted by Gasteiger charge is -2.42. The van der Waals surface area contributed by atoms with Crippen molar-refractivity contribution < 1.29 is 43.5 Å². The number of hydrogen-bond donors (Lipinski definition) is 4. The molecule has 4 N–H and O–H groups in total. The molecule has 224 valence electrons. The first kappa shape index (κ1) is 32.7. The summed E-state index contributed by atoms with van der Waals surface area (Å²) in [4.78, 5) is 62.2. The molecule has 11 nitrogen and oxygen atoms in total. The zero-order chi connectivity index (χ0) is 30.4. The molecule has 1 aromatic rings. The molecule has 1 heterocycles. The molecule has 41 heavy (non-hydrogen) atoms. The van der Waals surface area contributed by atoms with Crippen molar-refractivity contribution in [3.63, 3.8) is 0 Å². The summed E-state index contributed by atoms with van der Waals surface area (Å²) in [6.07, 6.45) is 2.96. The first-order valence-corrected chi connectivity index (χ1v) is 14.4. The number of carbonyl (C=O) groups is 5. The molecule has 1 saturated heterocycles. The Bertz CT molecular complexity index is 1160. The van der Waals surface area contributed by atoms with Crippen LogP contribution in [0.3, 0.4) is 0 Å². The van der Waals surface area contributed by atoms with Crippen LogP contribution in [0.4, 0.5) is 0 Å². The van der Waals surface area contributed by atoms with Crippen molar-refractivity contribution >= 4 is 60.0 Å². The van der Waals surface area contributed by atoms with Crippen LogP contribution in [-0.4, -0.2) is 65.2 Å². The predicted octanol–water partition coefficient (Wildman–Crippen LogP) is 4.10. The summed E-state index contributed by atoms with van der Waals surface area (Å²) in [5.41, 5.74) is -2.07. The van der Waals surface area contributed by atoms with Crippen LogP contribution in [0, 0.1) is 5.92 Å². The maximum atomic E-state index is 13.2. The molecular weight excluding hydrogens is 578 g/mol. The Kier molecular flexibility index (Phi) is 11.1. The van der Waals surface area contributed by atoms with Gasteiger partial charge in [0.05, 0.1) is 30.0 Å². The minimum Gasteiger partial charge on any atom is -0.507 e. The van der Waals surface area contributed by atoms with Gasteiger partial charge in [0, 0.05) is 16.4 Å². The van der Waals surface area contributed by atoms with Crippen LogP contribution in [0.2, 0.25) is 15.4 Å². The van der Waals surface area contributed by atoms with Gasteiger partial charge < -0.3 is 30.2 Å². The summed E-state index contributed by atoms with van der Waals surface area (Å²) >= 11 is 12.1. The van der Waals surface area contributed by atoms with Gasteiger partial charge in [0.2, 0.25) is 5.91 Å². The van der Waals surface area contributed by atoms with E-state index in [-0.39, 0.29) is 23.0 Å². The van der Waals surface area contributed by atoms with Crippen LogP contribution in [-0.2, 0) is 28.5 Å². The van der Waals surface area contributed by atoms with Gasteiger partial charge in [-0.1, -0.05) is 62.7 Å². The minimum atomic E-state index is -2.18. The first-order valence-electron chi connectivity index (χ1n) is 13.6. The van der Waals surface area contributed by atoms with Crippen molar-refractivity contribution in [3.8, 4) is 0 Å². The fraction of sp³-hybridized carbons (Fsp3) is 0.593. The molecule has 1 atom stereocenters. The second-order valence-corrected chi connectivity index (χ2v) is 12.0. The number of benzene rings is 1. The van der Waals surface area contributed by atoms with Gasteiger partial charge in [-0.05, 0) is 43.4 Å². The fourth-order valence-corrected chi connectivity index (χ4v) is 6.09. The van der Waals surface area contributed by atoms with Gasteiger partial charge in [-0.2, -0.15) is 0 Å². The second kappa shape index (κ2) is 13.9. The van der Waals surface area contributed by atoms with Gasteiger partial charge in [-0.3, -0.25) is 24.0 Å². The number of amides is 2. The van der Waals surface area contributed by atoms with E-state index < -0.39 is 66.6 Å². The number of aliphatic carboxylic acids is 2. The van der Waals surface area contributed by atoms with Crippen molar-refractivity contribution in [3.05, 3.63) is 33.8 Å². The maximum Gasteiger partial charge on any atom is 0.536 e. The van der Waals surface area contributed by atoms with E-state index in [1.165, 1.54) is 18.2 Å². The molecule has 0 radical (unpaired) electrons. The summed E-state index contributed by atoms with van der Waals surface area (Å²) in [5, 5.41) is 24.0. The summed E-state index contributed by atoms with van der Waals surface area (Å²) in [6, 6.07) is 3.81. The van der Waals surface area contributed by atoms with Crippen molar-refractivity contribution in [2.24, 2.45) is 5.92 Å². The Morgan fingerprint density at radius 1 is 1.02 bits per heavy atom. The topological polar surface area (TPSA) is 168 Å². The molecule has 1 saturated carbocycles. The molecule has 2 fully saturated rings. The number of halogens is 2. The number of hydrogen-bond acceptors (Lipinski definition) is 7. The Hall–Kier alpha value is -2.83. The highest BCUT2D eigenvalue weighted by Crippen LogP contribution is 2.53. The molecule has 1 aromatic carbocycles. The number of rotatable bonds is 12. The highest BCUT2D eigenvalue weighted by molar-refractivity contribution is 6.53. The van der Waals surface area contributed by atoms with E-state index in [1.54, 1.807) is 0 Å². The Labute approximate surface area is 248 Å². The molecule has 2 aliphatic rings. The molecule has 3 rings (SSSR count). The number of carbonyl (C=O) groups excluding carboxylic acids is 3. The van der Waals surface area contributed by atoms with Gasteiger partial charge in [0.25, 0.3) is 5.91 Å². The number of carboxylic acids is 2. The highest BCUT2D eigenvalue weighted by atomic mass is 35.5. The van der Waals surface area contributed by atoms with E-state index >= 15 is 0 Å². The summed E-state index contributed by atoms with van der Waals surface area (Å²) in [6.45, 7) is 3.56. The van der Waals surface area contributed by atoms with E-state index in [1.807, 2.05) is 13.8 Å². The third-order valence-electron chi connectivity index (χ3n) is 7.61. The third kappa shape index (κ3) is 8.14. The van der Waals surface area contributed by atoms with Gasteiger partial charge >= 0.3 is 25.0 Å². The van der Waals surface area contributed by atoms with Crippen LogP contribution in [0.1, 0.15) is 82.0 Å². The van der Waals surface area contributed by atoms with Crippen molar-refractivity contribution in [1.82, 2.24) is 10.6 Å². The van der Waals surface area contributed by atoms with Gasteiger partial charge in [0.15, 0.2) is 5.60 Å². The normalized spacial score (nSPS) is 18.8. The van der Waals surface area contributed by atoms with Gasteiger partial charge in [-0.25, -0.2) is 0 Å². The number of carboxylic acid groups (broad SMARTS) is 2. The van der Waals surface area contributed by atoms with Crippen LogP contribution >= 0.6 is 23.2 Å². The smallest absolute Gasteiger partial charge is 0.507 e. The first-order chi connectivity index (χ1) is 19.3. The van der Waals surface area contributed by atoms with Crippen molar-refractivity contribution in [1.29, 1.82) is 0 Å². The molecule has 0 aromatic heterocycles. The van der Waals surface area contributed by atoms with E-state index in [0.717, 1.165) is 25.7 Å². The van der Waals surface area contributed by atoms with Crippen molar-refractivity contribution in [2.45, 2.75) is 88.6 Å². The zero-order valence-corrected chi connectivity index (χ0v) is 24.6. The molecule has 1 aliphatic heterocycles. The van der Waals surface area contributed by atoms with E-state index in [9.17, 15) is 34.2 Å². The van der Waals surface area contributed by atoms with Crippen LogP contribution in [0.5, 0.6) is 0 Å². The Balaban J connectivity index is 1.88. The lowest BCUT2D eigenvalue weighted by molar-refractivity contribution is -0.157. The molecule has 0 spiro atoms.